The Hall–Kier alpha value is -1.06. The summed E-state index contributed by atoms with van der Waals surface area (Å²) in [7, 11) is 1.83. The Labute approximate surface area is 121 Å². The number of ether oxygens (including phenoxy) is 2. The zero-order chi connectivity index (χ0) is 14.2. The Kier molecular flexibility index (Phi) is 3.51. The Balaban J connectivity index is 1.63. The molecule has 1 fully saturated rings. The van der Waals surface area contributed by atoms with Gasteiger partial charge < -0.3 is 14.8 Å². The first-order chi connectivity index (χ1) is 9.54. The van der Waals surface area contributed by atoms with Crippen molar-refractivity contribution in [1.82, 2.24) is 5.32 Å². The van der Waals surface area contributed by atoms with Crippen LogP contribution < -0.4 is 10.1 Å². The van der Waals surface area contributed by atoms with Crippen molar-refractivity contribution in [2.24, 2.45) is 0 Å². The number of benzene rings is 1. The van der Waals surface area contributed by atoms with Gasteiger partial charge in [0, 0.05) is 32.2 Å². The highest BCUT2D eigenvalue weighted by atomic mass is 16.5. The van der Waals surface area contributed by atoms with Gasteiger partial charge in [-0.25, -0.2) is 0 Å². The number of fused-ring (bicyclic) bond motifs is 1. The summed E-state index contributed by atoms with van der Waals surface area (Å²) in [5, 5.41) is 3.55. The van der Waals surface area contributed by atoms with Gasteiger partial charge in [-0.2, -0.15) is 0 Å². The molecule has 3 heteroatoms. The molecule has 0 bridgehead atoms. The van der Waals surface area contributed by atoms with Crippen LogP contribution in [0.2, 0.25) is 0 Å². The first-order valence-corrected chi connectivity index (χ1v) is 7.59. The highest BCUT2D eigenvalue weighted by molar-refractivity contribution is 5.45. The largest absolute Gasteiger partial charge is 0.487 e. The van der Waals surface area contributed by atoms with Gasteiger partial charge in [0.05, 0.1) is 5.60 Å². The van der Waals surface area contributed by atoms with Crippen molar-refractivity contribution < 1.29 is 9.47 Å². The van der Waals surface area contributed by atoms with Crippen molar-refractivity contribution in [3.63, 3.8) is 0 Å². The zero-order valence-corrected chi connectivity index (χ0v) is 12.8. The van der Waals surface area contributed by atoms with Gasteiger partial charge in [-0.3, -0.25) is 0 Å². The van der Waals surface area contributed by atoms with E-state index in [0.29, 0.717) is 0 Å². The van der Waals surface area contributed by atoms with E-state index in [0.717, 1.165) is 25.3 Å². The predicted octanol–water partition coefficient (Wildman–Crippen LogP) is 3.06. The van der Waals surface area contributed by atoms with Gasteiger partial charge in [0.1, 0.15) is 11.4 Å². The Morgan fingerprint density at radius 1 is 1.30 bits per heavy atom. The normalized spacial score (nSPS) is 21.9. The summed E-state index contributed by atoms with van der Waals surface area (Å²) in [4.78, 5) is 0. The van der Waals surface area contributed by atoms with E-state index in [9.17, 15) is 0 Å². The van der Waals surface area contributed by atoms with E-state index in [1.165, 1.54) is 30.4 Å². The summed E-state index contributed by atoms with van der Waals surface area (Å²) in [6.45, 7) is 6.08. The molecule has 2 aliphatic rings. The summed E-state index contributed by atoms with van der Waals surface area (Å²) < 4.78 is 11.7. The molecule has 0 spiro atoms. The van der Waals surface area contributed by atoms with Crippen LogP contribution in [0.3, 0.4) is 0 Å². The molecular formula is C17H25NO2. The maximum Gasteiger partial charge on any atom is 0.127 e. The number of methoxy groups -OCH3 is 1. The van der Waals surface area contributed by atoms with Crippen molar-refractivity contribution >= 4 is 0 Å². The summed E-state index contributed by atoms with van der Waals surface area (Å²) >= 11 is 0. The lowest BCUT2D eigenvalue weighted by Gasteiger charge is -2.40. The molecule has 0 unspecified atom stereocenters. The number of hydrogen-bond donors (Lipinski definition) is 1. The van der Waals surface area contributed by atoms with Crippen LogP contribution in [0.25, 0.3) is 0 Å². The van der Waals surface area contributed by atoms with Gasteiger partial charge in [-0.15, -0.1) is 0 Å². The lowest BCUT2D eigenvalue weighted by Crippen LogP contribution is -2.47. The molecule has 1 N–H and O–H groups in total. The maximum absolute atomic E-state index is 6.10. The third-order valence-electron chi connectivity index (χ3n) is 4.63. The van der Waals surface area contributed by atoms with Gasteiger partial charge in [0.25, 0.3) is 0 Å². The SMILES string of the molecule is COC1(CNCc2cccc3c2OC(C)(C)C3)CCC1. The number of hydrogen-bond acceptors (Lipinski definition) is 3. The highest BCUT2D eigenvalue weighted by Gasteiger charge is 2.36. The molecule has 0 saturated heterocycles. The van der Waals surface area contributed by atoms with E-state index >= 15 is 0 Å². The van der Waals surface area contributed by atoms with E-state index in [2.05, 4.69) is 37.4 Å². The van der Waals surface area contributed by atoms with Gasteiger partial charge in [0.15, 0.2) is 0 Å². The number of rotatable bonds is 5. The predicted molar refractivity (Wildman–Crippen MR) is 80.2 cm³/mol. The number of para-hydroxylation sites is 1. The average Bonchev–Trinajstić information content (AvgIpc) is 2.67. The van der Waals surface area contributed by atoms with Crippen molar-refractivity contribution in [2.75, 3.05) is 13.7 Å². The van der Waals surface area contributed by atoms with Crippen LogP contribution in [0, 0.1) is 0 Å². The van der Waals surface area contributed by atoms with Crippen molar-refractivity contribution in [2.45, 2.75) is 57.3 Å². The standard InChI is InChI=1S/C17H25NO2/c1-16(2)10-13-6-4-7-14(15(13)20-16)11-18-12-17(19-3)8-5-9-17/h4,6-7,18H,5,8-12H2,1-3H3. The Morgan fingerprint density at radius 2 is 2.10 bits per heavy atom. The van der Waals surface area contributed by atoms with Gasteiger partial charge in [-0.1, -0.05) is 18.2 Å². The van der Waals surface area contributed by atoms with E-state index < -0.39 is 0 Å². The summed E-state index contributed by atoms with van der Waals surface area (Å²) in [5.41, 5.74) is 2.61. The van der Waals surface area contributed by atoms with Gasteiger partial charge >= 0.3 is 0 Å². The van der Waals surface area contributed by atoms with E-state index in [-0.39, 0.29) is 11.2 Å². The molecule has 3 nitrogen and oxygen atoms in total. The second kappa shape index (κ2) is 5.05. The Bertz CT molecular complexity index is 486. The molecule has 1 aliphatic heterocycles. The fraction of sp³-hybridized carbons (Fsp3) is 0.647. The van der Waals surface area contributed by atoms with Crippen LogP contribution in [0.5, 0.6) is 5.75 Å². The highest BCUT2D eigenvalue weighted by Crippen LogP contribution is 2.38. The topological polar surface area (TPSA) is 30.5 Å². The second-order valence-corrected chi connectivity index (χ2v) is 6.79. The summed E-state index contributed by atoms with van der Waals surface area (Å²) in [6, 6.07) is 6.47. The van der Waals surface area contributed by atoms with Crippen LogP contribution in [0.4, 0.5) is 0 Å². The minimum atomic E-state index is -0.0693. The van der Waals surface area contributed by atoms with Gasteiger partial charge in [-0.05, 0) is 38.7 Å². The van der Waals surface area contributed by atoms with Crippen LogP contribution in [-0.4, -0.2) is 24.9 Å². The minimum Gasteiger partial charge on any atom is -0.487 e. The summed E-state index contributed by atoms with van der Waals surface area (Å²) in [5.74, 6) is 1.09. The van der Waals surface area contributed by atoms with Crippen molar-refractivity contribution in [3.05, 3.63) is 29.3 Å². The molecule has 20 heavy (non-hydrogen) atoms. The van der Waals surface area contributed by atoms with E-state index in [1.54, 1.807) is 0 Å². The van der Waals surface area contributed by atoms with Crippen molar-refractivity contribution in [3.8, 4) is 5.75 Å². The quantitative estimate of drug-likeness (QED) is 0.896. The minimum absolute atomic E-state index is 0.0693. The van der Waals surface area contributed by atoms with Crippen LogP contribution in [0.1, 0.15) is 44.2 Å². The molecule has 1 aromatic rings. The molecular weight excluding hydrogens is 250 g/mol. The average molecular weight is 275 g/mol. The van der Waals surface area contributed by atoms with E-state index in [1.807, 2.05) is 7.11 Å². The maximum atomic E-state index is 6.10. The van der Waals surface area contributed by atoms with Crippen LogP contribution in [0.15, 0.2) is 18.2 Å². The first kappa shape index (κ1) is 13.9. The molecule has 110 valence electrons. The molecule has 1 aliphatic carbocycles. The lowest BCUT2D eigenvalue weighted by atomic mass is 9.80. The van der Waals surface area contributed by atoms with Crippen LogP contribution >= 0.6 is 0 Å². The molecule has 0 aromatic heterocycles. The molecule has 3 rings (SSSR count). The fourth-order valence-corrected chi connectivity index (χ4v) is 3.27. The van der Waals surface area contributed by atoms with Crippen molar-refractivity contribution in [1.29, 1.82) is 0 Å². The summed E-state index contributed by atoms with van der Waals surface area (Å²) in [6.07, 6.45) is 4.63. The smallest absolute Gasteiger partial charge is 0.127 e. The molecule has 1 heterocycles. The lowest BCUT2D eigenvalue weighted by molar-refractivity contribution is -0.0695. The molecule has 0 amide bonds. The molecule has 0 atom stereocenters. The van der Waals surface area contributed by atoms with E-state index in [4.69, 9.17) is 9.47 Å². The van der Waals surface area contributed by atoms with Gasteiger partial charge in [0.2, 0.25) is 0 Å². The molecule has 1 aromatic carbocycles. The third-order valence-corrected chi connectivity index (χ3v) is 4.63. The number of nitrogens with one attached hydrogen (secondary N) is 1. The zero-order valence-electron chi connectivity index (χ0n) is 12.8. The third kappa shape index (κ3) is 2.57. The second-order valence-electron chi connectivity index (χ2n) is 6.79. The first-order valence-electron chi connectivity index (χ1n) is 7.59. The Morgan fingerprint density at radius 3 is 2.75 bits per heavy atom. The fourth-order valence-electron chi connectivity index (χ4n) is 3.27. The molecule has 1 saturated carbocycles. The van der Waals surface area contributed by atoms with Crippen LogP contribution in [-0.2, 0) is 17.7 Å². The monoisotopic (exact) mass is 275 g/mol. The molecule has 0 radical (unpaired) electrons.